The van der Waals surface area contributed by atoms with Crippen LogP contribution >= 0.6 is 0 Å². The summed E-state index contributed by atoms with van der Waals surface area (Å²) < 4.78 is 26.0. The summed E-state index contributed by atoms with van der Waals surface area (Å²) in [6, 6.07) is 7.27. The molecule has 7 heteroatoms. The number of aryl methyl sites for hydroxylation is 1. The van der Waals surface area contributed by atoms with Gasteiger partial charge in [-0.1, -0.05) is 43.9 Å². The molecule has 2 fully saturated rings. The maximum atomic E-state index is 12.8. The first-order valence-corrected chi connectivity index (χ1v) is 12.7. The van der Waals surface area contributed by atoms with Gasteiger partial charge in [-0.15, -0.1) is 0 Å². The van der Waals surface area contributed by atoms with Crippen LogP contribution in [0.3, 0.4) is 0 Å². The zero-order valence-corrected chi connectivity index (χ0v) is 18.6. The molecule has 1 amide bonds. The minimum Gasteiger partial charge on any atom is -0.353 e. The number of rotatable bonds is 7. The number of carbonyl (C=O) groups excluding carboxylic acids is 1. The molecule has 0 bridgehead atoms. The predicted octanol–water partition coefficient (Wildman–Crippen LogP) is 3.07. The summed E-state index contributed by atoms with van der Waals surface area (Å²) in [4.78, 5) is 15.4. The van der Waals surface area contributed by atoms with Gasteiger partial charge in [0.2, 0.25) is 15.9 Å². The third kappa shape index (κ3) is 5.51. The lowest BCUT2D eigenvalue weighted by Crippen LogP contribution is -2.58. The summed E-state index contributed by atoms with van der Waals surface area (Å²) in [6.45, 7) is 4.50. The third-order valence-electron chi connectivity index (χ3n) is 6.50. The first kappa shape index (κ1) is 22.1. The predicted molar refractivity (Wildman–Crippen MR) is 118 cm³/mol. The van der Waals surface area contributed by atoms with Gasteiger partial charge in [0.1, 0.15) is 6.54 Å². The molecule has 1 saturated carbocycles. The average molecular weight is 422 g/mol. The number of carbonyl (C=O) groups is 1. The van der Waals surface area contributed by atoms with Crippen LogP contribution in [-0.4, -0.2) is 57.2 Å². The molecule has 1 aliphatic carbocycles. The van der Waals surface area contributed by atoms with E-state index in [4.69, 9.17) is 0 Å². The number of hydrogen-bond acceptors (Lipinski definition) is 4. The zero-order valence-electron chi connectivity index (χ0n) is 17.8. The Hall–Kier alpha value is -1.60. The molecule has 29 heavy (non-hydrogen) atoms. The second-order valence-corrected chi connectivity index (χ2v) is 10.6. The minimum absolute atomic E-state index is 0.0346. The van der Waals surface area contributed by atoms with Crippen molar-refractivity contribution in [3.63, 3.8) is 0 Å². The molecule has 1 aromatic rings. The molecule has 1 heterocycles. The zero-order chi connectivity index (χ0) is 20.9. The number of benzene rings is 1. The second kappa shape index (κ2) is 9.47. The van der Waals surface area contributed by atoms with E-state index >= 15 is 0 Å². The Morgan fingerprint density at radius 3 is 2.31 bits per heavy atom. The van der Waals surface area contributed by atoms with Crippen molar-refractivity contribution in [2.24, 2.45) is 0 Å². The molecule has 0 aromatic heterocycles. The molecule has 3 rings (SSSR count). The topological polar surface area (TPSA) is 69.7 Å². The Morgan fingerprint density at radius 1 is 1.07 bits per heavy atom. The molecule has 1 N–H and O–H groups in total. The average Bonchev–Trinajstić information content (AvgIpc) is 2.72. The third-order valence-corrected chi connectivity index (χ3v) is 7.62. The van der Waals surface area contributed by atoms with Crippen molar-refractivity contribution >= 4 is 21.6 Å². The maximum Gasteiger partial charge on any atom is 0.240 e. The number of amides is 1. The molecular weight excluding hydrogens is 386 g/mol. The van der Waals surface area contributed by atoms with Gasteiger partial charge in [-0.25, -0.2) is 8.42 Å². The van der Waals surface area contributed by atoms with Crippen LogP contribution in [0.5, 0.6) is 0 Å². The Balaban J connectivity index is 1.69. The molecule has 0 unspecified atom stereocenters. The van der Waals surface area contributed by atoms with Gasteiger partial charge in [0, 0.05) is 12.1 Å². The SMILES string of the molecule is Cc1ccccc1N(CC(=O)NCC1(N2CCCCC2)CCCCC1)S(C)(=O)=O. The number of nitrogens with one attached hydrogen (secondary N) is 1. The quantitative estimate of drug-likeness (QED) is 0.735. The van der Waals surface area contributed by atoms with Crippen molar-refractivity contribution in [2.45, 2.75) is 63.8 Å². The van der Waals surface area contributed by atoms with Gasteiger partial charge in [-0.3, -0.25) is 14.0 Å². The lowest BCUT2D eigenvalue weighted by atomic mass is 9.79. The Labute approximate surface area is 175 Å². The van der Waals surface area contributed by atoms with Gasteiger partial charge in [-0.2, -0.15) is 0 Å². The summed E-state index contributed by atoms with van der Waals surface area (Å²) in [5.74, 6) is -0.236. The Bertz CT molecular complexity index is 797. The van der Waals surface area contributed by atoms with Gasteiger partial charge in [-0.05, 0) is 57.3 Å². The van der Waals surface area contributed by atoms with Crippen LogP contribution in [0.15, 0.2) is 24.3 Å². The van der Waals surface area contributed by atoms with E-state index in [1.165, 1.54) is 42.8 Å². The lowest BCUT2D eigenvalue weighted by Gasteiger charge is -2.48. The number of likely N-dealkylation sites (tertiary alicyclic amines) is 1. The van der Waals surface area contributed by atoms with Gasteiger partial charge < -0.3 is 5.32 Å². The van der Waals surface area contributed by atoms with Crippen LogP contribution in [0.4, 0.5) is 5.69 Å². The monoisotopic (exact) mass is 421 g/mol. The number of nitrogens with zero attached hydrogens (tertiary/aromatic N) is 2. The highest BCUT2D eigenvalue weighted by Gasteiger charge is 2.38. The molecule has 162 valence electrons. The van der Waals surface area contributed by atoms with E-state index in [9.17, 15) is 13.2 Å². The number of para-hydroxylation sites is 1. The van der Waals surface area contributed by atoms with Crippen molar-refractivity contribution in [3.8, 4) is 0 Å². The number of sulfonamides is 1. The fraction of sp³-hybridized carbons (Fsp3) is 0.682. The number of piperidine rings is 1. The van der Waals surface area contributed by atoms with E-state index in [0.29, 0.717) is 12.2 Å². The fourth-order valence-electron chi connectivity index (χ4n) is 4.86. The molecule has 0 atom stereocenters. The highest BCUT2D eigenvalue weighted by Crippen LogP contribution is 2.35. The summed E-state index contributed by atoms with van der Waals surface area (Å²) in [5.41, 5.74) is 1.43. The maximum absolute atomic E-state index is 12.8. The van der Waals surface area contributed by atoms with Gasteiger partial charge in [0.25, 0.3) is 0 Å². The summed E-state index contributed by atoms with van der Waals surface area (Å²) in [6.07, 6.45) is 10.8. The van der Waals surface area contributed by atoms with Crippen molar-refractivity contribution in [2.75, 3.05) is 36.7 Å². The summed E-state index contributed by atoms with van der Waals surface area (Å²) >= 11 is 0. The van der Waals surface area contributed by atoms with Crippen LogP contribution in [-0.2, 0) is 14.8 Å². The number of anilines is 1. The largest absolute Gasteiger partial charge is 0.353 e. The molecular formula is C22H35N3O3S. The van der Waals surface area contributed by atoms with Crippen LogP contribution in [0, 0.1) is 6.92 Å². The number of hydrogen-bond donors (Lipinski definition) is 1. The minimum atomic E-state index is -3.55. The van der Waals surface area contributed by atoms with E-state index in [1.54, 1.807) is 12.1 Å². The lowest BCUT2D eigenvalue weighted by molar-refractivity contribution is -0.120. The molecule has 0 spiro atoms. The van der Waals surface area contributed by atoms with Crippen molar-refractivity contribution in [3.05, 3.63) is 29.8 Å². The Kier molecular flexibility index (Phi) is 7.22. The Morgan fingerprint density at radius 2 is 1.69 bits per heavy atom. The van der Waals surface area contributed by atoms with Crippen molar-refractivity contribution in [1.29, 1.82) is 0 Å². The van der Waals surface area contributed by atoms with Crippen LogP contribution in [0.25, 0.3) is 0 Å². The van der Waals surface area contributed by atoms with E-state index in [2.05, 4.69) is 10.2 Å². The van der Waals surface area contributed by atoms with Crippen LogP contribution in [0.1, 0.15) is 56.9 Å². The van der Waals surface area contributed by atoms with Crippen LogP contribution < -0.4 is 9.62 Å². The van der Waals surface area contributed by atoms with E-state index in [1.807, 2.05) is 19.1 Å². The molecule has 1 saturated heterocycles. The van der Waals surface area contributed by atoms with Crippen LogP contribution in [0.2, 0.25) is 0 Å². The molecule has 1 aliphatic heterocycles. The first-order chi connectivity index (χ1) is 13.8. The van der Waals surface area contributed by atoms with E-state index in [-0.39, 0.29) is 18.0 Å². The van der Waals surface area contributed by atoms with Crippen molar-refractivity contribution < 1.29 is 13.2 Å². The van der Waals surface area contributed by atoms with Gasteiger partial charge in [0.15, 0.2) is 0 Å². The van der Waals surface area contributed by atoms with Crippen molar-refractivity contribution in [1.82, 2.24) is 10.2 Å². The molecule has 2 aliphatic rings. The smallest absolute Gasteiger partial charge is 0.240 e. The molecule has 1 aromatic carbocycles. The summed E-state index contributed by atoms with van der Waals surface area (Å²) in [5, 5.41) is 3.10. The summed E-state index contributed by atoms with van der Waals surface area (Å²) in [7, 11) is -3.55. The highest BCUT2D eigenvalue weighted by molar-refractivity contribution is 7.92. The molecule has 6 nitrogen and oxygen atoms in total. The van der Waals surface area contributed by atoms with Gasteiger partial charge >= 0.3 is 0 Å². The van der Waals surface area contributed by atoms with Gasteiger partial charge in [0.05, 0.1) is 11.9 Å². The molecule has 0 radical (unpaired) electrons. The second-order valence-electron chi connectivity index (χ2n) is 8.67. The normalized spacial score (nSPS) is 20.2. The standard InChI is InChI=1S/C22H35N3O3S/c1-19-11-5-6-12-20(19)25(29(2,27)28)17-21(26)23-18-22(13-7-3-8-14-22)24-15-9-4-10-16-24/h5-6,11-12H,3-4,7-10,13-18H2,1-2H3,(H,23,26). The fourth-order valence-corrected chi connectivity index (χ4v) is 5.77. The highest BCUT2D eigenvalue weighted by atomic mass is 32.2. The van der Waals surface area contributed by atoms with E-state index in [0.717, 1.165) is 37.8 Å². The van der Waals surface area contributed by atoms with E-state index < -0.39 is 10.0 Å². The first-order valence-electron chi connectivity index (χ1n) is 10.9.